The molecule has 2 unspecified atom stereocenters. The number of nitrogens with zero attached hydrogens (tertiary/aromatic N) is 3. The second kappa shape index (κ2) is 10.7. The molecule has 1 aromatic heterocycles. The molecular weight excluding hydrogens is 557 g/mol. The number of hydrogen-bond donors (Lipinski definition) is 5. The Labute approximate surface area is 221 Å². The van der Waals surface area contributed by atoms with Gasteiger partial charge in [-0.15, -0.1) is 16.9 Å². The van der Waals surface area contributed by atoms with Gasteiger partial charge in [-0.3, -0.25) is 24.4 Å². The molecule has 2 aliphatic heterocycles. The molecule has 4 rings (SSSR count). The quantitative estimate of drug-likeness (QED) is 0.215. The van der Waals surface area contributed by atoms with Crippen molar-refractivity contribution in [3.63, 3.8) is 0 Å². The first kappa shape index (κ1) is 26.3. The zero-order valence-corrected chi connectivity index (χ0v) is 21.1. The summed E-state index contributed by atoms with van der Waals surface area (Å²) in [4.78, 5) is 53.3. The summed E-state index contributed by atoms with van der Waals surface area (Å²) in [7, 11) is 0. The lowest BCUT2D eigenvalue weighted by Crippen LogP contribution is -2.70. The third-order valence-corrected chi connectivity index (χ3v) is 8.27. The molecule has 0 bridgehead atoms. The number of halogens is 2. The molecule has 16 heteroatoms. The van der Waals surface area contributed by atoms with Crippen LogP contribution in [0.25, 0.3) is 0 Å². The van der Waals surface area contributed by atoms with Crippen molar-refractivity contribution in [2.24, 2.45) is 0 Å². The van der Waals surface area contributed by atoms with Crippen molar-refractivity contribution in [2.45, 2.75) is 29.1 Å². The molecule has 0 radical (unpaired) electrons. The highest BCUT2D eigenvalue weighted by Crippen LogP contribution is 2.41. The molecule has 5 N–H and O–H groups in total. The van der Waals surface area contributed by atoms with Crippen LogP contribution in [0.1, 0.15) is 17.5 Å². The van der Waals surface area contributed by atoms with Gasteiger partial charge in [0, 0.05) is 11.5 Å². The van der Waals surface area contributed by atoms with Crippen LogP contribution in [-0.2, 0) is 25.6 Å². The summed E-state index contributed by atoms with van der Waals surface area (Å²) in [6.07, 6.45) is -1.94. The van der Waals surface area contributed by atoms with E-state index in [9.17, 15) is 29.4 Å². The average Bonchev–Trinajstić information content (AvgIpc) is 3.27. The van der Waals surface area contributed by atoms with Crippen LogP contribution in [0, 0.1) is 0 Å². The summed E-state index contributed by atoms with van der Waals surface area (Å²) >= 11 is 14.1. The highest BCUT2D eigenvalue weighted by molar-refractivity contribution is 8.01. The van der Waals surface area contributed by atoms with Crippen molar-refractivity contribution in [1.82, 2.24) is 25.4 Å². The van der Waals surface area contributed by atoms with Gasteiger partial charge >= 0.3 is 11.9 Å². The molecule has 2 aliphatic rings. The van der Waals surface area contributed by atoms with Gasteiger partial charge < -0.3 is 20.6 Å². The fourth-order valence-electron chi connectivity index (χ4n) is 3.58. The number of carboxylic acids is 2. The lowest BCUT2D eigenvalue weighted by molar-refractivity contribution is -0.151. The fourth-order valence-corrected chi connectivity index (χ4v) is 6.19. The van der Waals surface area contributed by atoms with E-state index in [4.69, 9.17) is 28.3 Å². The van der Waals surface area contributed by atoms with Crippen molar-refractivity contribution in [1.29, 1.82) is 0 Å². The Morgan fingerprint density at radius 2 is 2.03 bits per heavy atom. The van der Waals surface area contributed by atoms with Crippen LogP contribution in [0.2, 0.25) is 10.0 Å². The van der Waals surface area contributed by atoms with Crippen LogP contribution >= 0.6 is 46.7 Å². The highest BCUT2D eigenvalue weighted by Gasteiger charge is 2.54. The first-order chi connectivity index (χ1) is 17.1. The minimum absolute atomic E-state index is 0.152. The van der Waals surface area contributed by atoms with Gasteiger partial charge in [-0.2, -0.15) is 0 Å². The molecule has 3 atom stereocenters. The minimum atomic E-state index is -1.61. The minimum Gasteiger partial charge on any atom is -0.481 e. The van der Waals surface area contributed by atoms with E-state index in [-0.39, 0.29) is 50.2 Å². The number of aliphatic carboxylic acids is 2. The molecule has 1 fully saturated rings. The van der Waals surface area contributed by atoms with E-state index in [1.807, 2.05) is 0 Å². The Hall–Kier alpha value is -2.78. The zero-order valence-electron chi connectivity index (χ0n) is 18.0. The van der Waals surface area contributed by atoms with Crippen LogP contribution in [0.5, 0.6) is 0 Å². The third-order valence-electron chi connectivity index (χ3n) is 5.26. The molecule has 1 aromatic carbocycles. The van der Waals surface area contributed by atoms with E-state index < -0.39 is 41.3 Å². The normalized spacial score (nSPS) is 20.0. The van der Waals surface area contributed by atoms with Crippen molar-refractivity contribution >= 4 is 70.5 Å². The number of fused-ring (bicyclic) bond motifs is 1. The summed E-state index contributed by atoms with van der Waals surface area (Å²) in [5.74, 6) is -3.25. The number of carboxylic acid groups (broad SMARTS) is 2. The Bertz CT molecular complexity index is 1290. The first-order valence-electron chi connectivity index (χ1n) is 10.2. The van der Waals surface area contributed by atoms with Crippen LogP contribution in [0.3, 0.4) is 0 Å². The molecule has 2 amide bonds. The summed E-state index contributed by atoms with van der Waals surface area (Å²) in [6, 6.07) is 3.18. The van der Waals surface area contributed by atoms with Gasteiger partial charge in [0.15, 0.2) is 6.10 Å². The number of carbonyl (C=O) groups excluding carboxylic acids is 2. The van der Waals surface area contributed by atoms with E-state index >= 15 is 0 Å². The second-order valence-corrected chi connectivity index (χ2v) is 10.5. The van der Waals surface area contributed by atoms with Crippen molar-refractivity contribution in [2.75, 3.05) is 11.5 Å². The standard InChI is InChI=1S/C20H17Cl2N5O7S2/c21-9-2-1-7(3-10(9)22)15(30)16(31)24-13-17(32)27-14(19(33)34)8(5-35-18(13)27)6-36-20-23-11(25-26-20)4-12(28)29/h1-3,13,15,18,30H,4-6H2,(H,24,31)(H,28,29)(H,33,34)(H,23,25,26)/t13?,15?,18-/m0/s1. The summed E-state index contributed by atoms with van der Waals surface area (Å²) in [5.41, 5.74) is 0.450. The number of amides is 2. The molecule has 0 aliphatic carbocycles. The number of aliphatic hydroxyl groups excluding tert-OH is 1. The summed E-state index contributed by atoms with van der Waals surface area (Å²) < 4.78 is 0. The SMILES string of the molecule is O=C(O)Cc1nc(SCC2=C(C(=O)O)N3C(=O)C(NC(=O)C(O)c4ccc(Cl)c(Cl)c4)[C@@H]3SC2)n[nH]1. The molecule has 36 heavy (non-hydrogen) atoms. The monoisotopic (exact) mass is 573 g/mol. The maximum absolute atomic E-state index is 12.8. The smallest absolute Gasteiger partial charge is 0.352 e. The molecule has 0 spiro atoms. The molecule has 2 aromatic rings. The van der Waals surface area contributed by atoms with E-state index in [1.165, 1.54) is 30.0 Å². The largest absolute Gasteiger partial charge is 0.481 e. The van der Waals surface area contributed by atoms with Crippen LogP contribution in [-0.4, -0.2) is 82.1 Å². The maximum Gasteiger partial charge on any atom is 0.352 e. The van der Waals surface area contributed by atoms with Crippen molar-refractivity contribution < 1.29 is 34.5 Å². The van der Waals surface area contributed by atoms with Crippen molar-refractivity contribution in [3.05, 3.63) is 50.9 Å². The van der Waals surface area contributed by atoms with Crippen LogP contribution in [0.15, 0.2) is 34.6 Å². The predicted octanol–water partition coefficient (Wildman–Crippen LogP) is 1.30. The lowest BCUT2D eigenvalue weighted by atomic mass is 10.0. The highest BCUT2D eigenvalue weighted by atomic mass is 35.5. The molecule has 0 saturated carbocycles. The number of aliphatic hydroxyl groups is 1. The number of aromatic amines is 1. The average molecular weight is 574 g/mol. The number of hydrogen-bond acceptors (Lipinski definition) is 9. The van der Waals surface area contributed by atoms with Gasteiger partial charge in [-0.1, -0.05) is 41.0 Å². The number of nitrogens with one attached hydrogen (secondary N) is 2. The summed E-state index contributed by atoms with van der Waals surface area (Å²) in [5, 5.41) is 37.8. The molecule has 12 nitrogen and oxygen atoms in total. The van der Waals surface area contributed by atoms with Crippen LogP contribution < -0.4 is 5.32 Å². The topological polar surface area (TPSA) is 186 Å². The van der Waals surface area contributed by atoms with E-state index in [0.717, 1.165) is 16.7 Å². The van der Waals surface area contributed by atoms with Crippen LogP contribution in [0.4, 0.5) is 0 Å². The lowest BCUT2D eigenvalue weighted by Gasteiger charge is -2.49. The Balaban J connectivity index is 1.43. The molecule has 3 heterocycles. The van der Waals surface area contributed by atoms with Gasteiger partial charge in [-0.05, 0) is 23.3 Å². The van der Waals surface area contributed by atoms with Gasteiger partial charge in [0.2, 0.25) is 5.16 Å². The van der Waals surface area contributed by atoms with Gasteiger partial charge in [0.05, 0.1) is 10.0 Å². The van der Waals surface area contributed by atoms with Gasteiger partial charge in [0.25, 0.3) is 11.8 Å². The number of carbonyl (C=O) groups is 4. The van der Waals surface area contributed by atoms with Gasteiger partial charge in [0.1, 0.15) is 29.4 Å². The number of aromatic nitrogens is 3. The number of rotatable bonds is 9. The second-order valence-electron chi connectivity index (χ2n) is 7.65. The van der Waals surface area contributed by atoms with E-state index in [0.29, 0.717) is 5.57 Å². The first-order valence-corrected chi connectivity index (χ1v) is 12.9. The predicted molar refractivity (Wildman–Crippen MR) is 130 cm³/mol. The number of thioether (sulfide) groups is 2. The summed E-state index contributed by atoms with van der Waals surface area (Å²) in [6.45, 7) is 0. The Morgan fingerprint density at radius 3 is 2.69 bits per heavy atom. The molecule has 1 saturated heterocycles. The number of H-pyrrole nitrogens is 1. The van der Waals surface area contributed by atoms with Gasteiger partial charge in [-0.25, -0.2) is 9.78 Å². The van der Waals surface area contributed by atoms with E-state index in [1.54, 1.807) is 0 Å². The number of β-lactam (4-membered cyclic amide) rings is 1. The zero-order chi connectivity index (χ0) is 26.1. The number of benzene rings is 1. The fraction of sp³-hybridized carbons (Fsp3) is 0.300. The maximum atomic E-state index is 12.8. The van der Waals surface area contributed by atoms with E-state index in [2.05, 4.69) is 20.5 Å². The Morgan fingerprint density at radius 1 is 1.28 bits per heavy atom. The molecular formula is C20H17Cl2N5O7S2. The molecule has 190 valence electrons. The van der Waals surface area contributed by atoms with Crippen molar-refractivity contribution in [3.8, 4) is 0 Å². The Kier molecular flexibility index (Phi) is 7.80. The third kappa shape index (κ3) is 5.32.